The van der Waals surface area contributed by atoms with Crippen LogP contribution in [-0.4, -0.2) is 35.9 Å². The molecule has 4 heteroatoms. The SMILES string of the molecule is CCOc1cccc(N(CCO)C(CC)CC)n1. The maximum atomic E-state index is 9.21. The lowest BCUT2D eigenvalue weighted by atomic mass is 10.1. The fourth-order valence-electron chi connectivity index (χ4n) is 2.11. The van der Waals surface area contributed by atoms with E-state index in [0.717, 1.165) is 18.7 Å². The average molecular weight is 252 g/mol. The van der Waals surface area contributed by atoms with Gasteiger partial charge >= 0.3 is 0 Å². The summed E-state index contributed by atoms with van der Waals surface area (Å²) in [6.45, 7) is 7.62. The second kappa shape index (κ2) is 7.93. The van der Waals surface area contributed by atoms with Gasteiger partial charge in [0, 0.05) is 18.7 Å². The normalized spacial score (nSPS) is 10.7. The molecule has 18 heavy (non-hydrogen) atoms. The molecule has 1 rings (SSSR count). The summed E-state index contributed by atoms with van der Waals surface area (Å²) < 4.78 is 5.42. The lowest BCUT2D eigenvalue weighted by Gasteiger charge is -2.31. The van der Waals surface area contributed by atoms with Gasteiger partial charge in [0.2, 0.25) is 5.88 Å². The van der Waals surface area contributed by atoms with Crippen molar-refractivity contribution in [2.45, 2.75) is 39.7 Å². The van der Waals surface area contributed by atoms with Gasteiger partial charge in [-0.05, 0) is 25.8 Å². The van der Waals surface area contributed by atoms with E-state index in [2.05, 4.69) is 23.7 Å². The highest BCUT2D eigenvalue weighted by atomic mass is 16.5. The Bertz CT molecular complexity index is 340. The van der Waals surface area contributed by atoms with E-state index in [0.29, 0.717) is 25.1 Å². The molecule has 1 heterocycles. The predicted molar refractivity (Wildman–Crippen MR) is 74.2 cm³/mol. The van der Waals surface area contributed by atoms with E-state index in [1.165, 1.54) is 0 Å². The van der Waals surface area contributed by atoms with Crippen molar-refractivity contribution in [3.63, 3.8) is 0 Å². The van der Waals surface area contributed by atoms with Crippen molar-refractivity contribution >= 4 is 5.82 Å². The summed E-state index contributed by atoms with van der Waals surface area (Å²) in [6, 6.07) is 6.18. The van der Waals surface area contributed by atoms with Crippen LogP contribution in [-0.2, 0) is 0 Å². The van der Waals surface area contributed by atoms with Crippen LogP contribution in [0.25, 0.3) is 0 Å². The van der Waals surface area contributed by atoms with E-state index in [4.69, 9.17) is 4.74 Å². The molecule has 102 valence electrons. The van der Waals surface area contributed by atoms with E-state index < -0.39 is 0 Å². The Balaban J connectivity index is 2.93. The van der Waals surface area contributed by atoms with Gasteiger partial charge in [0.1, 0.15) is 5.82 Å². The maximum Gasteiger partial charge on any atom is 0.215 e. The Hall–Kier alpha value is -1.29. The zero-order chi connectivity index (χ0) is 13.4. The van der Waals surface area contributed by atoms with Crippen LogP contribution in [0.5, 0.6) is 5.88 Å². The van der Waals surface area contributed by atoms with Crippen LogP contribution in [0.4, 0.5) is 5.82 Å². The van der Waals surface area contributed by atoms with Crippen LogP contribution < -0.4 is 9.64 Å². The van der Waals surface area contributed by atoms with Crippen molar-refractivity contribution in [1.82, 2.24) is 4.98 Å². The molecule has 0 radical (unpaired) electrons. The van der Waals surface area contributed by atoms with Crippen molar-refractivity contribution in [1.29, 1.82) is 0 Å². The van der Waals surface area contributed by atoms with Gasteiger partial charge in [-0.1, -0.05) is 19.9 Å². The molecule has 1 aromatic heterocycles. The minimum atomic E-state index is 0.136. The van der Waals surface area contributed by atoms with E-state index in [-0.39, 0.29) is 6.61 Å². The molecule has 0 amide bonds. The van der Waals surface area contributed by atoms with Crippen molar-refractivity contribution in [2.24, 2.45) is 0 Å². The third kappa shape index (κ3) is 3.88. The van der Waals surface area contributed by atoms with Crippen LogP contribution in [0.3, 0.4) is 0 Å². The first-order valence-electron chi connectivity index (χ1n) is 6.74. The van der Waals surface area contributed by atoms with Crippen molar-refractivity contribution < 1.29 is 9.84 Å². The summed E-state index contributed by atoms with van der Waals surface area (Å²) in [7, 11) is 0. The molecule has 0 spiro atoms. The van der Waals surface area contributed by atoms with Crippen LogP contribution in [0.1, 0.15) is 33.6 Å². The third-order valence-electron chi connectivity index (χ3n) is 3.02. The van der Waals surface area contributed by atoms with Gasteiger partial charge in [0.05, 0.1) is 13.2 Å². The summed E-state index contributed by atoms with van der Waals surface area (Å²) in [5, 5.41) is 9.21. The first-order valence-corrected chi connectivity index (χ1v) is 6.74. The fraction of sp³-hybridized carbons (Fsp3) is 0.643. The zero-order valence-electron chi connectivity index (χ0n) is 11.6. The molecule has 0 atom stereocenters. The highest BCUT2D eigenvalue weighted by Gasteiger charge is 2.16. The molecule has 0 aliphatic rings. The summed E-state index contributed by atoms with van der Waals surface area (Å²) in [6.07, 6.45) is 2.08. The molecule has 1 aromatic rings. The molecule has 0 aromatic carbocycles. The second-order valence-electron chi connectivity index (χ2n) is 4.15. The largest absolute Gasteiger partial charge is 0.478 e. The molecule has 0 unspecified atom stereocenters. The Morgan fingerprint density at radius 2 is 2.00 bits per heavy atom. The van der Waals surface area contributed by atoms with Crippen molar-refractivity contribution in [3.05, 3.63) is 18.2 Å². The first-order chi connectivity index (χ1) is 8.76. The number of nitrogens with zero attached hydrogens (tertiary/aromatic N) is 2. The topological polar surface area (TPSA) is 45.6 Å². The predicted octanol–water partition coefficient (Wildman–Crippen LogP) is 2.47. The molecule has 0 saturated carbocycles. The lowest BCUT2D eigenvalue weighted by Crippen LogP contribution is -2.37. The summed E-state index contributed by atoms with van der Waals surface area (Å²) >= 11 is 0. The number of aromatic nitrogens is 1. The van der Waals surface area contributed by atoms with E-state index in [9.17, 15) is 5.11 Å². The fourth-order valence-corrected chi connectivity index (χ4v) is 2.11. The number of aliphatic hydroxyl groups excluding tert-OH is 1. The van der Waals surface area contributed by atoms with Gasteiger partial charge in [0.15, 0.2) is 0 Å². The monoisotopic (exact) mass is 252 g/mol. The smallest absolute Gasteiger partial charge is 0.215 e. The number of aliphatic hydroxyl groups is 1. The van der Waals surface area contributed by atoms with Gasteiger partial charge in [0.25, 0.3) is 0 Å². The lowest BCUT2D eigenvalue weighted by molar-refractivity contribution is 0.294. The first kappa shape index (κ1) is 14.8. The Morgan fingerprint density at radius 3 is 2.56 bits per heavy atom. The minimum absolute atomic E-state index is 0.136. The van der Waals surface area contributed by atoms with Gasteiger partial charge in [-0.3, -0.25) is 0 Å². The highest BCUT2D eigenvalue weighted by molar-refractivity contribution is 5.41. The van der Waals surface area contributed by atoms with Gasteiger partial charge in [-0.15, -0.1) is 0 Å². The number of rotatable bonds is 8. The number of hydrogen-bond acceptors (Lipinski definition) is 4. The van der Waals surface area contributed by atoms with Crippen LogP contribution in [0.2, 0.25) is 0 Å². The van der Waals surface area contributed by atoms with Crippen LogP contribution in [0, 0.1) is 0 Å². The maximum absolute atomic E-state index is 9.21. The van der Waals surface area contributed by atoms with Crippen LogP contribution in [0.15, 0.2) is 18.2 Å². The molecule has 4 nitrogen and oxygen atoms in total. The molecule has 0 aliphatic carbocycles. The second-order valence-corrected chi connectivity index (χ2v) is 4.15. The highest BCUT2D eigenvalue weighted by Crippen LogP contribution is 2.20. The number of anilines is 1. The number of pyridine rings is 1. The average Bonchev–Trinajstić information content (AvgIpc) is 2.40. The summed E-state index contributed by atoms with van der Waals surface area (Å²) in [5.41, 5.74) is 0. The quantitative estimate of drug-likeness (QED) is 0.772. The number of ether oxygens (including phenoxy) is 1. The summed E-state index contributed by atoms with van der Waals surface area (Å²) in [4.78, 5) is 6.65. The van der Waals surface area contributed by atoms with Crippen molar-refractivity contribution in [3.8, 4) is 5.88 Å². The third-order valence-corrected chi connectivity index (χ3v) is 3.02. The molecule has 0 fully saturated rings. The molecule has 0 aliphatic heterocycles. The molecule has 0 saturated heterocycles. The Kier molecular flexibility index (Phi) is 6.50. The van der Waals surface area contributed by atoms with Gasteiger partial charge in [-0.2, -0.15) is 4.98 Å². The molecular formula is C14H24N2O2. The van der Waals surface area contributed by atoms with E-state index in [1.54, 1.807) is 0 Å². The van der Waals surface area contributed by atoms with Gasteiger partial charge < -0.3 is 14.7 Å². The summed E-state index contributed by atoms with van der Waals surface area (Å²) in [5.74, 6) is 1.52. The van der Waals surface area contributed by atoms with Crippen molar-refractivity contribution in [2.75, 3.05) is 24.7 Å². The van der Waals surface area contributed by atoms with E-state index >= 15 is 0 Å². The minimum Gasteiger partial charge on any atom is -0.478 e. The standard InChI is InChI=1S/C14H24N2O2/c1-4-12(5-2)16(10-11-17)13-8-7-9-14(15-13)18-6-3/h7-9,12,17H,4-6,10-11H2,1-3H3. The molecule has 1 N–H and O–H groups in total. The van der Waals surface area contributed by atoms with Crippen LogP contribution >= 0.6 is 0 Å². The Morgan fingerprint density at radius 1 is 1.28 bits per heavy atom. The molecule has 0 bridgehead atoms. The Labute approximate surface area is 110 Å². The van der Waals surface area contributed by atoms with E-state index in [1.807, 2.05) is 25.1 Å². The zero-order valence-corrected chi connectivity index (χ0v) is 11.6. The van der Waals surface area contributed by atoms with Gasteiger partial charge in [-0.25, -0.2) is 0 Å². The number of hydrogen-bond donors (Lipinski definition) is 1. The molecular weight excluding hydrogens is 228 g/mol.